The molecule has 5 nitrogen and oxygen atoms in total. The van der Waals surface area contributed by atoms with Gasteiger partial charge in [0.15, 0.2) is 0 Å². The number of nitrogens with one attached hydrogen (secondary N) is 2. The summed E-state index contributed by atoms with van der Waals surface area (Å²) in [6.07, 6.45) is -0.0371. The molecule has 1 aliphatic rings. The maximum absolute atomic E-state index is 11.7. The van der Waals surface area contributed by atoms with Crippen molar-refractivity contribution in [2.24, 2.45) is 0 Å². The molecule has 1 fully saturated rings. The van der Waals surface area contributed by atoms with Crippen LogP contribution in [-0.2, 0) is 4.79 Å². The minimum Gasteiger partial charge on any atom is -0.508 e. The van der Waals surface area contributed by atoms with E-state index in [2.05, 4.69) is 10.6 Å². The molecule has 2 unspecified atom stereocenters. The van der Waals surface area contributed by atoms with Gasteiger partial charge < -0.3 is 20.8 Å². The number of carbonyl (C=O) groups is 1. The summed E-state index contributed by atoms with van der Waals surface area (Å²) < 4.78 is 0. The molecule has 0 aliphatic carbocycles. The van der Waals surface area contributed by atoms with E-state index in [9.17, 15) is 15.0 Å². The summed E-state index contributed by atoms with van der Waals surface area (Å²) in [7, 11) is 0. The van der Waals surface area contributed by atoms with E-state index < -0.39 is 6.10 Å². The predicted molar refractivity (Wildman–Crippen MR) is 59.2 cm³/mol. The Hall–Kier alpha value is -1.59. The van der Waals surface area contributed by atoms with Crippen molar-refractivity contribution < 1.29 is 15.0 Å². The van der Waals surface area contributed by atoms with Crippen LogP contribution in [0.25, 0.3) is 0 Å². The van der Waals surface area contributed by atoms with Gasteiger partial charge in [0.2, 0.25) is 5.91 Å². The summed E-state index contributed by atoms with van der Waals surface area (Å²) in [6.45, 7) is 0.443. The van der Waals surface area contributed by atoms with Gasteiger partial charge in [-0.25, -0.2) is 0 Å². The Morgan fingerprint density at radius 2 is 2.31 bits per heavy atom. The van der Waals surface area contributed by atoms with Gasteiger partial charge in [-0.1, -0.05) is 6.07 Å². The fourth-order valence-corrected chi connectivity index (χ4v) is 1.73. The average Bonchev–Trinajstić information content (AvgIpc) is 2.65. The van der Waals surface area contributed by atoms with Crippen LogP contribution in [0.15, 0.2) is 24.3 Å². The van der Waals surface area contributed by atoms with Crippen LogP contribution in [0.2, 0.25) is 0 Å². The second-order valence-electron chi connectivity index (χ2n) is 3.89. The number of phenolic OH excluding ortho intramolecular Hbond substituents is 1. The molecule has 0 aromatic heterocycles. The molecule has 1 aromatic carbocycles. The predicted octanol–water partition coefficient (Wildman–Crippen LogP) is 0.0535. The zero-order valence-electron chi connectivity index (χ0n) is 8.68. The summed E-state index contributed by atoms with van der Waals surface area (Å²) in [5.41, 5.74) is 0.549. The molecule has 2 atom stereocenters. The van der Waals surface area contributed by atoms with Crippen LogP contribution < -0.4 is 10.6 Å². The molecule has 0 spiro atoms. The van der Waals surface area contributed by atoms with Gasteiger partial charge in [0.1, 0.15) is 5.75 Å². The minimum absolute atomic E-state index is 0.109. The lowest BCUT2D eigenvalue weighted by atomic mass is 10.2. The topological polar surface area (TPSA) is 81.6 Å². The third-order valence-electron chi connectivity index (χ3n) is 2.54. The van der Waals surface area contributed by atoms with Crippen LogP contribution >= 0.6 is 0 Å². The number of phenols is 1. The number of benzene rings is 1. The fourth-order valence-electron chi connectivity index (χ4n) is 1.73. The van der Waals surface area contributed by atoms with Crippen LogP contribution in [0.4, 0.5) is 5.69 Å². The quantitative estimate of drug-likeness (QED) is 0.570. The number of aliphatic hydroxyl groups is 1. The van der Waals surface area contributed by atoms with E-state index in [1.54, 1.807) is 12.1 Å². The Morgan fingerprint density at radius 1 is 1.50 bits per heavy atom. The van der Waals surface area contributed by atoms with Crippen molar-refractivity contribution in [2.75, 3.05) is 11.9 Å². The smallest absolute Gasteiger partial charge is 0.241 e. The van der Waals surface area contributed by atoms with Crippen molar-refractivity contribution in [3.8, 4) is 5.75 Å². The number of hydrogen-bond acceptors (Lipinski definition) is 4. The van der Waals surface area contributed by atoms with Gasteiger partial charge in [0, 0.05) is 18.3 Å². The zero-order chi connectivity index (χ0) is 11.5. The lowest BCUT2D eigenvalue weighted by molar-refractivity contribution is -0.117. The highest BCUT2D eigenvalue weighted by atomic mass is 16.3. The number of aliphatic hydroxyl groups excluding tert-OH is 1. The van der Waals surface area contributed by atoms with E-state index in [0.717, 1.165) is 0 Å². The van der Waals surface area contributed by atoms with Gasteiger partial charge in [-0.15, -0.1) is 0 Å². The molecule has 1 amide bonds. The van der Waals surface area contributed by atoms with Gasteiger partial charge in [-0.2, -0.15) is 0 Å². The van der Waals surface area contributed by atoms with Crippen molar-refractivity contribution >= 4 is 11.6 Å². The summed E-state index contributed by atoms with van der Waals surface area (Å²) in [5.74, 6) is -0.0839. The van der Waals surface area contributed by atoms with E-state index in [0.29, 0.717) is 18.7 Å². The highest BCUT2D eigenvalue weighted by Gasteiger charge is 2.27. The van der Waals surface area contributed by atoms with Gasteiger partial charge in [0.05, 0.1) is 12.1 Å². The molecule has 86 valence electrons. The van der Waals surface area contributed by atoms with Crippen LogP contribution in [0.5, 0.6) is 5.75 Å². The normalized spacial score (nSPS) is 24.3. The lowest BCUT2D eigenvalue weighted by Gasteiger charge is -2.10. The second kappa shape index (κ2) is 4.51. The molecule has 5 heteroatoms. The first-order valence-electron chi connectivity index (χ1n) is 5.16. The number of rotatable bonds is 2. The van der Waals surface area contributed by atoms with Crippen molar-refractivity contribution in [3.05, 3.63) is 24.3 Å². The van der Waals surface area contributed by atoms with E-state index in [1.807, 2.05) is 0 Å². The second-order valence-corrected chi connectivity index (χ2v) is 3.89. The van der Waals surface area contributed by atoms with Crippen molar-refractivity contribution in [1.82, 2.24) is 5.32 Å². The van der Waals surface area contributed by atoms with Crippen LogP contribution in [0.1, 0.15) is 6.42 Å². The first-order valence-corrected chi connectivity index (χ1v) is 5.16. The Balaban J connectivity index is 1.97. The van der Waals surface area contributed by atoms with Crippen LogP contribution in [0.3, 0.4) is 0 Å². The number of amides is 1. The highest BCUT2D eigenvalue weighted by molar-refractivity contribution is 5.95. The first kappa shape index (κ1) is 10.9. The van der Waals surface area contributed by atoms with Crippen LogP contribution in [0, 0.1) is 0 Å². The molecule has 1 aromatic rings. The maximum Gasteiger partial charge on any atom is 0.241 e. The molecule has 0 bridgehead atoms. The van der Waals surface area contributed by atoms with E-state index in [-0.39, 0.29) is 17.7 Å². The number of aromatic hydroxyl groups is 1. The van der Waals surface area contributed by atoms with Gasteiger partial charge in [-0.05, 0) is 18.6 Å². The Morgan fingerprint density at radius 3 is 2.94 bits per heavy atom. The lowest BCUT2D eigenvalue weighted by Crippen LogP contribution is -2.35. The summed E-state index contributed by atoms with van der Waals surface area (Å²) >= 11 is 0. The Bertz CT molecular complexity index is 395. The van der Waals surface area contributed by atoms with Crippen molar-refractivity contribution in [3.63, 3.8) is 0 Å². The molecule has 2 rings (SSSR count). The summed E-state index contributed by atoms with van der Waals surface area (Å²) in [6, 6.07) is 6.00. The van der Waals surface area contributed by atoms with Gasteiger partial charge >= 0.3 is 0 Å². The SMILES string of the molecule is O=C(Nc1cccc(O)c1)C1CC(O)CN1. The molecule has 0 saturated carbocycles. The standard InChI is InChI=1S/C11H14N2O3/c14-8-3-1-2-7(4-8)13-11(16)10-5-9(15)6-12-10/h1-4,9-10,12,14-15H,5-6H2,(H,13,16). The number of carbonyl (C=O) groups excluding carboxylic acids is 1. The summed E-state index contributed by atoms with van der Waals surface area (Å²) in [4.78, 5) is 11.7. The monoisotopic (exact) mass is 222 g/mol. The Labute approximate surface area is 93.1 Å². The van der Waals surface area contributed by atoms with Crippen molar-refractivity contribution in [1.29, 1.82) is 0 Å². The molecular weight excluding hydrogens is 208 g/mol. The van der Waals surface area contributed by atoms with Crippen LogP contribution in [-0.4, -0.2) is 34.8 Å². The molecular formula is C11H14N2O3. The maximum atomic E-state index is 11.7. The number of hydrogen-bond donors (Lipinski definition) is 4. The molecule has 1 heterocycles. The Kier molecular flexibility index (Phi) is 3.07. The fraction of sp³-hybridized carbons (Fsp3) is 0.364. The van der Waals surface area contributed by atoms with E-state index in [4.69, 9.17) is 0 Å². The largest absolute Gasteiger partial charge is 0.508 e. The average molecular weight is 222 g/mol. The van der Waals surface area contributed by atoms with Crippen molar-refractivity contribution in [2.45, 2.75) is 18.6 Å². The third kappa shape index (κ3) is 2.50. The zero-order valence-corrected chi connectivity index (χ0v) is 8.68. The molecule has 1 saturated heterocycles. The number of β-amino-alcohol motifs (C(OH)–C–C–N with tert-alkyl or cyclic N) is 1. The molecule has 1 aliphatic heterocycles. The third-order valence-corrected chi connectivity index (χ3v) is 2.54. The highest BCUT2D eigenvalue weighted by Crippen LogP contribution is 2.16. The molecule has 0 radical (unpaired) electrons. The summed E-state index contributed by atoms with van der Waals surface area (Å²) in [5, 5.41) is 24.1. The van der Waals surface area contributed by atoms with E-state index >= 15 is 0 Å². The molecule has 4 N–H and O–H groups in total. The van der Waals surface area contributed by atoms with Gasteiger partial charge in [0.25, 0.3) is 0 Å². The first-order chi connectivity index (χ1) is 7.65. The molecule has 16 heavy (non-hydrogen) atoms. The number of anilines is 1. The minimum atomic E-state index is -0.458. The van der Waals surface area contributed by atoms with E-state index in [1.165, 1.54) is 12.1 Å². The van der Waals surface area contributed by atoms with Gasteiger partial charge in [-0.3, -0.25) is 4.79 Å².